The third kappa shape index (κ3) is 9.57. The highest BCUT2D eigenvalue weighted by Crippen LogP contribution is 2.04. The standard InChI is InChI=1S/C14H32N2O/c1-5-11-15-14(9-8-13-17-4)10-12-16(6-2)7-3/h14-15H,5-13H2,1-4H3. The molecule has 1 N–H and O–H groups in total. The second-order valence-corrected chi connectivity index (χ2v) is 4.60. The first-order chi connectivity index (χ1) is 8.28. The van der Waals surface area contributed by atoms with Crippen LogP contribution in [0.2, 0.25) is 0 Å². The van der Waals surface area contributed by atoms with Crippen molar-refractivity contribution in [2.45, 2.75) is 52.5 Å². The van der Waals surface area contributed by atoms with Crippen molar-refractivity contribution < 1.29 is 4.74 Å². The van der Waals surface area contributed by atoms with Crippen molar-refractivity contribution in [3.63, 3.8) is 0 Å². The zero-order valence-corrected chi connectivity index (χ0v) is 12.3. The molecule has 0 amide bonds. The quantitative estimate of drug-likeness (QED) is 0.534. The molecule has 0 aromatic heterocycles. The molecule has 17 heavy (non-hydrogen) atoms. The van der Waals surface area contributed by atoms with Gasteiger partial charge in [-0.15, -0.1) is 0 Å². The zero-order chi connectivity index (χ0) is 12.9. The first-order valence-electron chi connectivity index (χ1n) is 7.23. The van der Waals surface area contributed by atoms with Crippen molar-refractivity contribution in [2.24, 2.45) is 0 Å². The summed E-state index contributed by atoms with van der Waals surface area (Å²) in [6.07, 6.45) is 4.86. The van der Waals surface area contributed by atoms with E-state index >= 15 is 0 Å². The lowest BCUT2D eigenvalue weighted by atomic mass is 10.1. The van der Waals surface area contributed by atoms with Crippen LogP contribution in [0.5, 0.6) is 0 Å². The lowest BCUT2D eigenvalue weighted by Gasteiger charge is -2.23. The summed E-state index contributed by atoms with van der Waals surface area (Å²) in [5.41, 5.74) is 0. The lowest BCUT2D eigenvalue weighted by Crippen LogP contribution is -2.35. The minimum absolute atomic E-state index is 0.658. The summed E-state index contributed by atoms with van der Waals surface area (Å²) >= 11 is 0. The summed E-state index contributed by atoms with van der Waals surface area (Å²) in [7, 11) is 1.78. The molecule has 104 valence electrons. The molecule has 0 saturated carbocycles. The Morgan fingerprint density at radius 2 is 1.82 bits per heavy atom. The van der Waals surface area contributed by atoms with Crippen LogP contribution < -0.4 is 5.32 Å². The Kier molecular flexibility index (Phi) is 12.3. The number of ether oxygens (including phenoxy) is 1. The van der Waals surface area contributed by atoms with E-state index in [1.165, 1.54) is 25.8 Å². The molecule has 0 bridgehead atoms. The van der Waals surface area contributed by atoms with Crippen molar-refractivity contribution >= 4 is 0 Å². The van der Waals surface area contributed by atoms with E-state index in [9.17, 15) is 0 Å². The number of hydrogen-bond donors (Lipinski definition) is 1. The maximum absolute atomic E-state index is 5.13. The van der Waals surface area contributed by atoms with Gasteiger partial charge < -0.3 is 15.0 Å². The molecule has 0 aliphatic heterocycles. The molecule has 0 heterocycles. The Balaban J connectivity index is 3.82. The van der Waals surface area contributed by atoms with E-state index in [-0.39, 0.29) is 0 Å². The van der Waals surface area contributed by atoms with E-state index in [1.54, 1.807) is 7.11 Å². The molecule has 1 unspecified atom stereocenters. The van der Waals surface area contributed by atoms with E-state index in [0.29, 0.717) is 6.04 Å². The summed E-state index contributed by atoms with van der Waals surface area (Å²) < 4.78 is 5.13. The number of rotatable bonds is 12. The molecule has 0 aliphatic carbocycles. The molecule has 0 saturated heterocycles. The van der Waals surface area contributed by atoms with Crippen molar-refractivity contribution in [1.29, 1.82) is 0 Å². The minimum atomic E-state index is 0.658. The first kappa shape index (κ1) is 16.9. The van der Waals surface area contributed by atoms with Gasteiger partial charge in [-0.05, 0) is 51.9 Å². The predicted octanol–water partition coefficient (Wildman–Crippen LogP) is 2.51. The molecule has 1 atom stereocenters. The van der Waals surface area contributed by atoms with Gasteiger partial charge in [0.25, 0.3) is 0 Å². The van der Waals surface area contributed by atoms with Gasteiger partial charge in [-0.25, -0.2) is 0 Å². The average Bonchev–Trinajstić information content (AvgIpc) is 2.36. The summed E-state index contributed by atoms with van der Waals surface area (Å²) in [4.78, 5) is 2.50. The normalized spacial score (nSPS) is 13.2. The molecule has 0 aromatic carbocycles. The van der Waals surface area contributed by atoms with Crippen molar-refractivity contribution in [2.75, 3.05) is 39.9 Å². The summed E-state index contributed by atoms with van der Waals surface area (Å²) in [5.74, 6) is 0. The van der Waals surface area contributed by atoms with Gasteiger partial charge in [0.05, 0.1) is 0 Å². The Morgan fingerprint density at radius 1 is 1.12 bits per heavy atom. The lowest BCUT2D eigenvalue weighted by molar-refractivity contribution is 0.186. The molecule has 0 aliphatic rings. The number of methoxy groups -OCH3 is 1. The monoisotopic (exact) mass is 244 g/mol. The highest BCUT2D eigenvalue weighted by atomic mass is 16.5. The van der Waals surface area contributed by atoms with E-state index in [4.69, 9.17) is 4.74 Å². The largest absolute Gasteiger partial charge is 0.385 e. The smallest absolute Gasteiger partial charge is 0.0462 e. The van der Waals surface area contributed by atoms with Crippen LogP contribution in [-0.2, 0) is 4.74 Å². The summed E-state index contributed by atoms with van der Waals surface area (Å²) in [6, 6.07) is 0.658. The highest BCUT2D eigenvalue weighted by Gasteiger charge is 2.09. The minimum Gasteiger partial charge on any atom is -0.385 e. The van der Waals surface area contributed by atoms with Gasteiger partial charge in [-0.1, -0.05) is 20.8 Å². The molecule has 0 aromatic rings. The first-order valence-corrected chi connectivity index (χ1v) is 7.23. The van der Waals surface area contributed by atoms with Crippen LogP contribution in [0.3, 0.4) is 0 Å². The van der Waals surface area contributed by atoms with Crippen LogP contribution in [-0.4, -0.2) is 50.8 Å². The Hall–Kier alpha value is -0.120. The van der Waals surface area contributed by atoms with Crippen molar-refractivity contribution in [3.05, 3.63) is 0 Å². The molecular weight excluding hydrogens is 212 g/mol. The fraction of sp³-hybridized carbons (Fsp3) is 1.00. The van der Waals surface area contributed by atoms with Gasteiger partial charge in [-0.3, -0.25) is 0 Å². The highest BCUT2D eigenvalue weighted by molar-refractivity contribution is 4.69. The fourth-order valence-electron chi connectivity index (χ4n) is 2.05. The Morgan fingerprint density at radius 3 is 2.35 bits per heavy atom. The average molecular weight is 244 g/mol. The molecule has 3 heteroatoms. The van der Waals surface area contributed by atoms with E-state index < -0.39 is 0 Å². The van der Waals surface area contributed by atoms with Crippen LogP contribution in [0.1, 0.15) is 46.5 Å². The zero-order valence-electron chi connectivity index (χ0n) is 12.3. The number of nitrogens with zero attached hydrogens (tertiary/aromatic N) is 1. The maximum Gasteiger partial charge on any atom is 0.0462 e. The fourth-order valence-corrected chi connectivity index (χ4v) is 2.05. The van der Waals surface area contributed by atoms with Gasteiger partial charge in [0, 0.05) is 19.8 Å². The summed E-state index contributed by atoms with van der Waals surface area (Å²) in [6.45, 7) is 12.3. The van der Waals surface area contributed by atoms with Gasteiger partial charge in [0.2, 0.25) is 0 Å². The van der Waals surface area contributed by atoms with E-state index in [2.05, 4.69) is 31.0 Å². The second kappa shape index (κ2) is 12.3. The summed E-state index contributed by atoms with van der Waals surface area (Å²) in [5, 5.41) is 3.65. The SMILES string of the molecule is CCCNC(CCCOC)CCN(CC)CC. The van der Waals surface area contributed by atoms with Crippen LogP contribution in [0.4, 0.5) is 0 Å². The predicted molar refractivity (Wildman–Crippen MR) is 75.6 cm³/mol. The maximum atomic E-state index is 5.13. The molecular formula is C14H32N2O. The number of nitrogens with one attached hydrogen (secondary N) is 1. The van der Waals surface area contributed by atoms with E-state index in [0.717, 1.165) is 32.7 Å². The second-order valence-electron chi connectivity index (χ2n) is 4.60. The van der Waals surface area contributed by atoms with Crippen LogP contribution in [0, 0.1) is 0 Å². The van der Waals surface area contributed by atoms with Gasteiger partial charge in [0.15, 0.2) is 0 Å². The number of hydrogen-bond acceptors (Lipinski definition) is 3. The molecule has 0 spiro atoms. The van der Waals surface area contributed by atoms with Crippen molar-refractivity contribution in [3.8, 4) is 0 Å². The topological polar surface area (TPSA) is 24.5 Å². The van der Waals surface area contributed by atoms with Gasteiger partial charge >= 0.3 is 0 Å². The molecule has 0 fully saturated rings. The van der Waals surface area contributed by atoms with Crippen LogP contribution in [0.25, 0.3) is 0 Å². The van der Waals surface area contributed by atoms with Crippen LogP contribution >= 0.6 is 0 Å². The third-order valence-electron chi connectivity index (χ3n) is 3.27. The molecule has 0 radical (unpaired) electrons. The Labute approximate surface area is 108 Å². The van der Waals surface area contributed by atoms with E-state index in [1.807, 2.05) is 0 Å². The van der Waals surface area contributed by atoms with Gasteiger partial charge in [0.1, 0.15) is 0 Å². The van der Waals surface area contributed by atoms with Gasteiger partial charge in [-0.2, -0.15) is 0 Å². The Bertz CT molecular complexity index is 149. The van der Waals surface area contributed by atoms with Crippen molar-refractivity contribution in [1.82, 2.24) is 10.2 Å². The third-order valence-corrected chi connectivity index (χ3v) is 3.27. The molecule has 3 nitrogen and oxygen atoms in total. The van der Waals surface area contributed by atoms with Crippen LogP contribution in [0.15, 0.2) is 0 Å². The molecule has 0 rings (SSSR count).